The molecule has 130 valence electrons. The lowest BCUT2D eigenvalue weighted by molar-refractivity contribution is -0.131. The molecule has 8 heteroatoms. The van der Waals surface area contributed by atoms with E-state index in [0.717, 1.165) is 10.6 Å². The number of carbonyl (C=O) groups excluding carboxylic acids is 1. The Kier molecular flexibility index (Phi) is 6.70. The summed E-state index contributed by atoms with van der Waals surface area (Å²) in [5.74, 6) is 0.180. The SMILES string of the molecule is CCN(CC)C(=O)[C@H](C)N(c1ccc(OC)c(Cl)c1)S(C)(=O)=O. The van der Waals surface area contributed by atoms with Gasteiger partial charge < -0.3 is 9.64 Å². The van der Waals surface area contributed by atoms with Crippen molar-refractivity contribution in [3.63, 3.8) is 0 Å². The first-order valence-electron chi connectivity index (χ1n) is 7.29. The van der Waals surface area contributed by atoms with Gasteiger partial charge in [0, 0.05) is 13.1 Å². The number of anilines is 1. The van der Waals surface area contributed by atoms with E-state index in [9.17, 15) is 13.2 Å². The molecule has 0 saturated carbocycles. The Balaban J connectivity index is 3.31. The van der Waals surface area contributed by atoms with E-state index in [1.54, 1.807) is 24.0 Å². The van der Waals surface area contributed by atoms with E-state index in [4.69, 9.17) is 16.3 Å². The molecule has 0 aliphatic heterocycles. The van der Waals surface area contributed by atoms with E-state index in [0.29, 0.717) is 24.5 Å². The van der Waals surface area contributed by atoms with Crippen LogP contribution in [-0.4, -0.2) is 51.7 Å². The summed E-state index contributed by atoms with van der Waals surface area (Å²) in [7, 11) is -2.19. The van der Waals surface area contributed by atoms with Crippen LogP contribution >= 0.6 is 11.6 Å². The van der Waals surface area contributed by atoms with E-state index in [2.05, 4.69) is 0 Å². The molecule has 0 spiro atoms. The fourth-order valence-corrected chi connectivity index (χ4v) is 3.81. The summed E-state index contributed by atoms with van der Waals surface area (Å²) in [4.78, 5) is 14.1. The molecule has 1 aromatic carbocycles. The van der Waals surface area contributed by atoms with Crippen molar-refractivity contribution in [2.75, 3.05) is 30.8 Å². The summed E-state index contributed by atoms with van der Waals surface area (Å²) in [6.45, 7) is 6.30. The third-order valence-electron chi connectivity index (χ3n) is 3.53. The second-order valence-electron chi connectivity index (χ2n) is 5.06. The zero-order valence-electron chi connectivity index (χ0n) is 14.0. The molecule has 0 saturated heterocycles. The third-order valence-corrected chi connectivity index (χ3v) is 5.07. The zero-order valence-corrected chi connectivity index (χ0v) is 15.6. The van der Waals surface area contributed by atoms with Crippen molar-refractivity contribution in [1.82, 2.24) is 4.90 Å². The molecule has 0 unspecified atom stereocenters. The Bertz CT molecular complexity index is 659. The van der Waals surface area contributed by atoms with Crippen LogP contribution in [0, 0.1) is 0 Å². The molecule has 23 heavy (non-hydrogen) atoms. The number of nitrogens with zero attached hydrogens (tertiary/aromatic N) is 2. The Hall–Kier alpha value is -1.47. The number of sulfonamides is 1. The Morgan fingerprint density at radius 1 is 1.30 bits per heavy atom. The Labute approximate surface area is 143 Å². The van der Waals surface area contributed by atoms with Crippen molar-refractivity contribution in [2.24, 2.45) is 0 Å². The minimum atomic E-state index is -3.66. The Morgan fingerprint density at radius 2 is 1.87 bits per heavy atom. The lowest BCUT2D eigenvalue weighted by Crippen LogP contribution is -2.49. The standard InChI is InChI=1S/C15H23ClN2O4S/c1-6-17(7-2)15(19)11(3)18(23(5,20)21)12-8-9-14(22-4)13(16)10-12/h8-11H,6-7H2,1-5H3/t11-/m0/s1. The van der Waals surface area contributed by atoms with E-state index in [-0.39, 0.29) is 10.9 Å². The van der Waals surface area contributed by atoms with E-state index < -0.39 is 16.1 Å². The molecule has 0 aliphatic rings. The number of likely N-dealkylation sites (N-methyl/N-ethyl adjacent to an activating group) is 1. The van der Waals surface area contributed by atoms with Crippen LogP contribution in [0.3, 0.4) is 0 Å². The number of amides is 1. The number of carbonyl (C=O) groups is 1. The van der Waals surface area contributed by atoms with Gasteiger partial charge in [0.25, 0.3) is 0 Å². The minimum Gasteiger partial charge on any atom is -0.495 e. The molecule has 1 atom stereocenters. The normalized spacial score (nSPS) is 12.6. The first-order valence-corrected chi connectivity index (χ1v) is 9.51. The second kappa shape index (κ2) is 7.88. The van der Waals surface area contributed by atoms with Crippen molar-refractivity contribution >= 4 is 33.2 Å². The van der Waals surface area contributed by atoms with Gasteiger partial charge in [-0.2, -0.15) is 0 Å². The van der Waals surface area contributed by atoms with Crippen LogP contribution in [0.1, 0.15) is 20.8 Å². The molecule has 1 rings (SSSR count). The summed E-state index contributed by atoms with van der Waals surface area (Å²) < 4.78 is 30.6. The van der Waals surface area contributed by atoms with E-state index >= 15 is 0 Å². The molecule has 1 aromatic rings. The number of benzene rings is 1. The van der Waals surface area contributed by atoms with E-state index in [1.165, 1.54) is 13.2 Å². The van der Waals surface area contributed by atoms with E-state index in [1.807, 2.05) is 13.8 Å². The maximum absolute atomic E-state index is 12.5. The van der Waals surface area contributed by atoms with Gasteiger partial charge in [-0.05, 0) is 39.0 Å². The van der Waals surface area contributed by atoms with Gasteiger partial charge in [-0.15, -0.1) is 0 Å². The van der Waals surface area contributed by atoms with Crippen LogP contribution < -0.4 is 9.04 Å². The largest absolute Gasteiger partial charge is 0.495 e. The summed E-state index contributed by atoms with van der Waals surface area (Å²) in [6.07, 6.45) is 1.07. The first kappa shape index (κ1) is 19.6. The van der Waals surface area contributed by atoms with Crippen LogP contribution in [0.4, 0.5) is 5.69 Å². The van der Waals surface area contributed by atoms with Gasteiger partial charge in [0.2, 0.25) is 15.9 Å². The van der Waals surface area contributed by atoms with Crippen molar-refractivity contribution in [2.45, 2.75) is 26.8 Å². The zero-order chi connectivity index (χ0) is 17.8. The number of hydrogen-bond donors (Lipinski definition) is 0. The average Bonchev–Trinajstić information content (AvgIpc) is 2.47. The summed E-state index contributed by atoms with van der Waals surface area (Å²) in [5.41, 5.74) is 0.325. The van der Waals surface area contributed by atoms with Crippen LogP contribution in [0.5, 0.6) is 5.75 Å². The molecule has 0 fully saturated rings. The molecule has 0 aliphatic carbocycles. The van der Waals surface area contributed by atoms with Crippen molar-refractivity contribution in [1.29, 1.82) is 0 Å². The molecule has 0 bridgehead atoms. The number of ether oxygens (including phenoxy) is 1. The fraction of sp³-hybridized carbons (Fsp3) is 0.533. The smallest absolute Gasteiger partial charge is 0.246 e. The first-order chi connectivity index (χ1) is 10.7. The van der Waals surface area contributed by atoms with Crippen LogP contribution in [0.25, 0.3) is 0 Å². The van der Waals surface area contributed by atoms with Gasteiger partial charge in [-0.25, -0.2) is 8.42 Å². The average molecular weight is 363 g/mol. The molecule has 6 nitrogen and oxygen atoms in total. The predicted molar refractivity (Wildman–Crippen MR) is 92.7 cm³/mol. The molecular formula is C15H23ClN2O4S. The number of rotatable bonds is 7. The molecule has 0 N–H and O–H groups in total. The van der Waals surface area contributed by atoms with Gasteiger partial charge in [-0.1, -0.05) is 11.6 Å². The quantitative estimate of drug-likeness (QED) is 0.746. The highest BCUT2D eigenvalue weighted by Gasteiger charge is 2.31. The lowest BCUT2D eigenvalue weighted by atomic mass is 10.2. The van der Waals surface area contributed by atoms with Crippen LogP contribution in [0.15, 0.2) is 18.2 Å². The van der Waals surface area contributed by atoms with Crippen molar-refractivity contribution in [3.05, 3.63) is 23.2 Å². The topological polar surface area (TPSA) is 66.9 Å². The molecule has 0 radical (unpaired) electrons. The number of methoxy groups -OCH3 is 1. The predicted octanol–water partition coefficient (Wildman–Crippen LogP) is 2.37. The number of hydrogen-bond acceptors (Lipinski definition) is 4. The monoisotopic (exact) mass is 362 g/mol. The summed E-state index contributed by atoms with van der Waals surface area (Å²) >= 11 is 6.08. The molecule has 1 amide bonds. The van der Waals surface area contributed by atoms with Gasteiger partial charge in [0.15, 0.2) is 0 Å². The maximum Gasteiger partial charge on any atom is 0.246 e. The lowest BCUT2D eigenvalue weighted by Gasteiger charge is -2.32. The highest BCUT2D eigenvalue weighted by atomic mass is 35.5. The third kappa shape index (κ3) is 4.51. The van der Waals surface area contributed by atoms with Crippen LogP contribution in [-0.2, 0) is 14.8 Å². The van der Waals surface area contributed by atoms with Crippen LogP contribution in [0.2, 0.25) is 5.02 Å². The summed E-state index contributed by atoms with van der Waals surface area (Å²) in [5, 5.41) is 0.279. The van der Waals surface area contributed by atoms with Gasteiger partial charge in [-0.3, -0.25) is 9.10 Å². The second-order valence-corrected chi connectivity index (χ2v) is 7.33. The highest BCUT2D eigenvalue weighted by Crippen LogP contribution is 2.31. The van der Waals surface area contributed by atoms with Gasteiger partial charge in [0.1, 0.15) is 11.8 Å². The van der Waals surface area contributed by atoms with Crippen molar-refractivity contribution in [3.8, 4) is 5.75 Å². The molecule has 0 heterocycles. The maximum atomic E-state index is 12.5. The van der Waals surface area contributed by atoms with Gasteiger partial charge in [0.05, 0.1) is 24.1 Å². The summed E-state index contributed by atoms with van der Waals surface area (Å²) in [6, 6.07) is 3.75. The molecule has 0 aromatic heterocycles. The fourth-order valence-electron chi connectivity index (χ4n) is 2.39. The van der Waals surface area contributed by atoms with Crippen molar-refractivity contribution < 1.29 is 17.9 Å². The highest BCUT2D eigenvalue weighted by molar-refractivity contribution is 7.92. The minimum absolute atomic E-state index is 0.257. The number of halogens is 1. The van der Waals surface area contributed by atoms with Gasteiger partial charge >= 0.3 is 0 Å². The Morgan fingerprint density at radius 3 is 2.26 bits per heavy atom. The molecular weight excluding hydrogens is 340 g/mol.